The number of nitrogens with one attached hydrogen (secondary N) is 1. The van der Waals surface area contributed by atoms with Gasteiger partial charge in [-0.1, -0.05) is 0 Å². The van der Waals surface area contributed by atoms with Gasteiger partial charge in [0.05, 0.1) is 5.56 Å². The van der Waals surface area contributed by atoms with E-state index in [1.807, 2.05) is 55.4 Å². The Labute approximate surface area is 132 Å². The summed E-state index contributed by atoms with van der Waals surface area (Å²) in [7, 11) is 3.95. The monoisotopic (exact) mass is 350 g/mol. The Morgan fingerprint density at radius 2 is 1.80 bits per heavy atom. The molecule has 0 saturated carbocycles. The van der Waals surface area contributed by atoms with Crippen LogP contribution in [0.15, 0.2) is 51.8 Å². The van der Waals surface area contributed by atoms with Crippen LogP contribution in [0.4, 0.5) is 11.4 Å². The first kappa shape index (κ1) is 14.9. The average molecular weight is 351 g/mol. The van der Waals surface area contributed by atoms with Crippen LogP contribution in [0.3, 0.4) is 0 Å². The lowest BCUT2D eigenvalue weighted by molar-refractivity contribution is 0.102. The summed E-state index contributed by atoms with van der Waals surface area (Å²) in [6.45, 7) is 0. The minimum Gasteiger partial charge on any atom is -0.378 e. The molecule has 0 fully saturated rings. The molecule has 0 aromatic heterocycles. The van der Waals surface area contributed by atoms with Crippen molar-refractivity contribution in [1.29, 1.82) is 0 Å². The van der Waals surface area contributed by atoms with Gasteiger partial charge in [0, 0.05) is 34.8 Å². The quantitative estimate of drug-likeness (QED) is 0.818. The Kier molecular flexibility index (Phi) is 4.73. The Hall–Kier alpha value is -1.46. The summed E-state index contributed by atoms with van der Waals surface area (Å²) in [5, 5.41) is 2.87. The van der Waals surface area contributed by atoms with Crippen LogP contribution in [0.25, 0.3) is 0 Å². The maximum Gasteiger partial charge on any atom is 0.256 e. The normalized spacial score (nSPS) is 10.2. The van der Waals surface area contributed by atoms with Gasteiger partial charge in [-0.25, -0.2) is 0 Å². The predicted molar refractivity (Wildman–Crippen MR) is 90.1 cm³/mol. The molecule has 0 aliphatic carbocycles. The van der Waals surface area contributed by atoms with E-state index < -0.39 is 0 Å². The standard InChI is InChI=1S/C15H15BrN2OS/c1-18(2)11-5-3-10(4-6-11)17-15(19)13-9-12(20)7-8-14(13)16/h3-9,20H,1-2H3,(H,17,19). The van der Waals surface area contributed by atoms with Crippen molar-refractivity contribution in [3.63, 3.8) is 0 Å². The van der Waals surface area contributed by atoms with Crippen LogP contribution in [-0.4, -0.2) is 20.0 Å². The molecule has 0 spiro atoms. The molecule has 2 aromatic rings. The molecule has 1 amide bonds. The van der Waals surface area contributed by atoms with Gasteiger partial charge in [-0.05, 0) is 58.4 Å². The second-order valence-corrected chi connectivity index (χ2v) is 5.93. The molecule has 5 heteroatoms. The average Bonchev–Trinajstić information content (AvgIpc) is 2.42. The van der Waals surface area contributed by atoms with E-state index in [1.165, 1.54) is 0 Å². The summed E-state index contributed by atoms with van der Waals surface area (Å²) in [5.74, 6) is -0.162. The number of halogens is 1. The summed E-state index contributed by atoms with van der Waals surface area (Å²) in [6, 6.07) is 13.1. The highest BCUT2D eigenvalue weighted by Gasteiger charge is 2.10. The van der Waals surface area contributed by atoms with E-state index in [2.05, 4.69) is 33.9 Å². The zero-order valence-electron chi connectivity index (χ0n) is 11.2. The molecular weight excluding hydrogens is 336 g/mol. The lowest BCUT2D eigenvalue weighted by Crippen LogP contribution is -2.13. The second kappa shape index (κ2) is 6.33. The number of anilines is 2. The van der Waals surface area contributed by atoms with E-state index in [1.54, 1.807) is 6.07 Å². The number of hydrogen-bond donors (Lipinski definition) is 2. The highest BCUT2D eigenvalue weighted by atomic mass is 79.9. The Bertz CT molecular complexity index is 626. The van der Waals surface area contributed by atoms with Crippen LogP contribution in [0.2, 0.25) is 0 Å². The van der Waals surface area contributed by atoms with Crippen LogP contribution in [-0.2, 0) is 0 Å². The zero-order valence-corrected chi connectivity index (χ0v) is 13.7. The number of hydrogen-bond acceptors (Lipinski definition) is 3. The van der Waals surface area contributed by atoms with E-state index in [-0.39, 0.29) is 5.91 Å². The predicted octanol–water partition coefficient (Wildman–Crippen LogP) is 4.06. The molecule has 2 rings (SSSR count). The molecule has 104 valence electrons. The van der Waals surface area contributed by atoms with Gasteiger partial charge in [-0.3, -0.25) is 4.79 Å². The molecule has 20 heavy (non-hydrogen) atoms. The van der Waals surface area contributed by atoms with Gasteiger partial charge in [0.1, 0.15) is 0 Å². The molecule has 0 bridgehead atoms. The molecular formula is C15H15BrN2OS. The fourth-order valence-corrected chi connectivity index (χ4v) is 2.36. The smallest absolute Gasteiger partial charge is 0.256 e. The van der Waals surface area contributed by atoms with Crippen LogP contribution in [0.1, 0.15) is 10.4 Å². The summed E-state index contributed by atoms with van der Waals surface area (Å²) in [4.78, 5) is 15.0. The lowest BCUT2D eigenvalue weighted by Gasteiger charge is -2.13. The van der Waals surface area contributed by atoms with Gasteiger partial charge in [0.2, 0.25) is 0 Å². The van der Waals surface area contributed by atoms with Crippen LogP contribution < -0.4 is 10.2 Å². The van der Waals surface area contributed by atoms with Crippen molar-refractivity contribution in [2.45, 2.75) is 4.90 Å². The number of carbonyl (C=O) groups excluding carboxylic acids is 1. The SMILES string of the molecule is CN(C)c1ccc(NC(=O)c2cc(S)ccc2Br)cc1. The summed E-state index contributed by atoms with van der Waals surface area (Å²) < 4.78 is 0.748. The van der Waals surface area contributed by atoms with Crippen molar-refractivity contribution in [3.8, 4) is 0 Å². The van der Waals surface area contributed by atoms with Crippen molar-refractivity contribution in [3.05, 3.63) is 52.5 Å². The fourth-order valence-electron chi connectivity index (χ4n) is 1.73. The number of rotatable bonds is 3. The van der Waals surface area contributed by atoms with Crippen molar-refractivity contribution < 1.29 is 4.79 Å². The maximum atomic E-state index is 12.2. The van der Waals surface area contributed by atoms with E-state index in [0.29, 0.717) is 5.56 Å². The van der Waals surface area contributed by atoms with Crippen molar-refractivity contribution in [1.82, 2.24) is 0 Å². The first-order valence-corrected chi connectivity index (χ1v) is 7.28. The first-order chi connectivity index (χ1) is 9.47. The molecule has 2 aromatic carbocycles. The Morgan fingerprint density at radius 1 is 1.15 bits per heavy atom. The summed E-state index contributed by atoms with van der Waals surface area (Å²) in [5.41, 5.74) is 2.41. The van der Waals surface area contributed by atoms with Crippen LogP contribution >= 0.6 is 28.6 Å². The zero-order chi connectivity index (χ0) is 14.7. The van der Waals surface area contributed by atoms with E-state index in [9.17, 15) is 4.79 Å². The molecule has 0 unspecified atom stereocenters. The molecule has 0 aliphatic heterocycles. The molecule has 0 heterocycles. The fraction of sp³-hybridized carbons (Fsp3) is 0.133. The van der Waals surface area contributed by atoms with Gasteiger partial charge < -0.3 is 10.2 Å². The summed E-state index contributed by atoms with van der Waals surface area (Å²) in [6.07, 6.45) is 0. The van der Waals surface area contributed by atoms with Crippen LogP contribution in [0.5, 0.6) is 0 Å². The number of nitrogens with zero attached hydrogens (tertiary/aromatic N) is 1. The lowest BCUT2D eigenvalue weighted by atomic mass is 10.2. The number of carbonyl (C=O) groups is 1. The highest BCUT2D eigenvalue weighted by molar-refractivity contribution is 9.10. The van der Waals surface area contributed by atoms with E-state index in [0.717, 1.165) is 20.7 Å². The van der Waals surface area contributed by atoms with Crippen molar-refractivity contribution in [2.75, 3.05) is 24.3 Å². The molecule has 0 aliphatic rings. The van der Waals surface area contributed by atoms with Crippen molar-refractivity contribution in [2.24, 2.45) is 0 Å². The minimum atomic E-state index is -0.162. The van der Waals surface area contributed by atoms with E-state index in [4.69, 9.17) is 0 Å². The molecule has 3 nitrogen and oxygen atoms in total. The Morgan fingerprint density at radius 3 is 2.40 bits per heavy atom. The second-order valence-electron chi connectivity index (χ2n) is 4.56. The highest BCUT2D eigenvalue weighted by Crippen LogP contribution is 2.22. The summed E-state index contributed by atoms with van der Waals surface area (Å²) >= 11 is 7.63. The molecule has 1 N–H and O–H groups in total. The number of amides is 1. The van der Waals surface area contributed by atoms with E-state index >= 15 is 0 Å². The maximum absolute atomic E-state index is 12.2. The first-order valence-electron chi connectivity index (χ1n) is 6.04. The van der Waals surface area contributed by atoms with Crippen LogP contribution in [0, 0.1) is 0 Å². The van der Waals surface area contributed by atoms with Crippen molar-refractivity contribution >= 4 is 45.8 Å². The molecule has 0 saturated heterocycles. The molecule has 0 radical (unpaired) electrons. The van der Waals surface area contributed by atoms with Gasteiger partial charge in [-0.15, -0.1) is 12.6 Å². The number of thiol groups is 1. The van der Waals surface area contributed by atoms with Gasteiger partial charge in [0.25, 0.3) is 5.91 Å². The topological polar surface area (TPSA) is 32.3 Å². The van der Waals surface area contributed by atoms with Gasteiger partial charge >= 0.3 is 0 Å². The third-order valence-electron chi connectivity index (χ3n) is 2.84. The molecule has 0 atom stereocenters. The third kappa shape index (κ3) is 3.55. The van der Waals surface area contributed by atoms with Gasteiger partial charge in [-0.2, -0.15) is 0 Å². The number of benzene rings is 2. The van der Waals surface area contributed by atoms with Gasteiger partial charge in [0.15, 0.2) is 0 Å². The minimum absolute atomic E-state index is 0.162. The Balaban J connectivity index is 2.17. The third-order valence-corrected chi connectivity index (χ3v) is 3.81. The largest absolute Gasteiger partial charge is 0.378 e.